The summed E-state index contributed by atoms with van der Waals surface area (Å²) in [5.41, 5.74) is 0. The molecule has 2 aliphatic rings. The summed E-state index contributed by atoms with van der Waals surface area (Å²) in [6.45, 7) is 8.04. The summed E-state index contributed by atoms with van der Waals surface area (Å²) >= 11 is 0. The average molecular weight is 254 g/mol. The molecule has 0 amide bonds. The Bertz CT molecular complexity index is 221. The number of aliphatic hydroxyl groups is 1. The zero-order valence-electron chi connectivity index (χ0n) is 12.0. The zero-order chi connectivity index (χ0) is 12.8. The number of rotatable bonds is 5. The van der Waals surface area contributed by atoms with Gasteiger partial charge in [-0.05, 0) is 58.3 Å². The molecule has 0 aromatic heterocycles. The molecule has 0 bridgehead atoms. The van der Waals surface area contributed by atoms with E-state index in [9.17, 15) is 5.11 Å². The van der Waals surface area contributed by atoms with Gasteiger partial charge in [0.2, 0.25) is 0 Å². The van der Waals surface area contributed by atoms with E-state index in [1.54, 1.807) is 0 Å². The quantitative estimate of drug-likeness (QED) is 0.814. The summed E-state index contributed by atoms with van der Waals surface area (Å²) in [7, 11) is 0. The molecule has 106 valence electrons. The van der Waals surface area contributed by atoms with E-state index < -0.39 is 0 Å². The minimum absolute atomic E-state index is 0.110. The summed E-state index contributed by atoms with van der Waals surface area (Å²) in [6, 6.07) is 0.824. The molecule has 1 unspecified atom stereocenters. The van der Waals surface area contributed by atoms with Gasteiger partial charge >= 0.3 is 0 Å². The van der Waals surface area contributed by atoms with Gasteiger partial charge in [-0.25, -0.2) is 0 Å². The molecule has 3 heteroatoms. The van der Waals surface area contributed by atoms with Gasteiger partial charge in [0.1, 0.15) is 0 Å². The molecule has 0 spiro atoms. The summed E-state index contributed by atoms with van der Waals surface area (Å²) in [5.74, 6) is 0. The van der Waals surface area contributed by atoms with Gasteiger partial charge in [0.25, 0.3) is 0 Å². The summed E-state index contributed by atoms with van der Waals surface area (Å²) < 4.78 is 0. The number of hydrogen-bond donors (Lipinski definition) is 1. The molecule has 0 aromatic carbocycles. The molecule has 0 aliphatic carbocycles. The van der Waals surface area contributed by atoms with Crippen molar-refractivity contribution in [2.75, 3.05) is 32.7 Å². The smallest absolute Gasteiger partial charge is 0.0667 e. The van der Waals surface area contributed by atoms with Crippen LogP contribution < -0.4 is 0 Å². The van der Waals surface area contributed by atoms with Gasteiger partial charge in [-0.2, -0.15) is 0 Å². The first-order chi connectivity index (χ1) is 8.79. The Labute approximate surface area is 112 Å². The molecular formula is C15H30N2O. The van der Waals surface area contributed by atoms with Crippen molar-refractivity contribution in [3.8, 4) is 0 Å². The number of likely N-dealkylation sites (tertiary alicyclic amines) is 2. The van der Waals surface area contributed by atoms with E-state index >= 15 is 0 Å². The Balaban J connectivity index is 1.67. The number of β-amino-alcohol motifs (C(OH)–C–C–N with tert-alkyl or cyclic N) is 1. The van der Waals surface area contributed by atoms with E-state index in [2.05, 4.69) is 16.7 Å². The maximum Gasteiger partial charge on any atom is 0.0667 e. The third kappa shape index (κ3) is 4.22. The minimum atomic E-state index is -0.110. The van der Waals surface area contributed by atoms with E-state index in [0.717, 1.165) is 25.4 Å². The number of hydrogen-bond acceptors (Lipinski definition) is 3. The summed E-state index contributed by atoms with van der Waals surface area (Å²) in [5, 5.41) is 9.86. The number of aliphatic hydroxyl groups excluding tert-OH is 1. The molecule has 1 N–H and O–H groups in total. The highest BCUT2D eigenvalue weighted by Gasteiger charge is 2.26. The van der Waals surface area contributed by atoms with Gasteiger partial charge in [-0.3, -0.25) is 0 Å². The lowest BCUT2D eigenvalue weighted by Gasteiger charge is -2.40. The van der Waals surface area contributed by atoms with Crippen LogP contribution in [0, 0.1) is 0 Å². The highest BCUT2D eigenvalue weighted by Crippen LogP contribution is 2.21. The maximum atomic E-state index is 9.86. The zero-order valence-corrected chi connectivity index (χ0v) is 12.0. The van der Waals surface area contributed by atoms with Crippen molar-refractivity contribution in [3.05, 3.63) is 0 Å². The van der Waals surface area contributed by atoms with Gasteiger partial charge in [0.05, 0.1) is 6.10 Å². The van der Waals surface area contributed by atoms with Crippen LogP contribution in [0.4, 0.5) is 0 Å². The monoisotopic (exact) mass is 254 g/mol. The number of nitrogens with zero attached hydrogens (tertiary/aromatic N) is 2. The first-order valence-corrected chi connectivity index (χ1v) is 7.94. The Morgan fingerprint density at radius 2 is 1.72 bits per heavy atom. The van der Waals surface area contributed by atoms with E-state index in [1.807, 2.05) is 0 Å². The first-order valence-electron chi connectivity index (χ1n) is 7.94. The molecule has 2 rings (SSSR count). The van der Waals surface area contributed by atoms with Crippen molar-refractivity contribution >= 4 is 0 Å². The molecule has 18 heavy (non-hydrogen) atoms. The second kappa shape index (κ2) is 7.46. The second-order valence-electron chi connectivity index (χ2n) is 6.07. The van der Waals surface area contributed by atoms with E-state index in [1.165, 1.54) is 58.3 Å². The lowest BCUT2D eigenvalue weighted by Crippen LogP contribution is -2.48. The van der Waals surface area contributed by atoms with Crippen molar-refractivity contribution < 1.29 is 5.11 Å². The Morgan fingerprint density at radius 1 is 1.06 bits per heavy atom. The molecule has 0 radical (unpaired) electrons. The lowest BCUT2D eigenvalue weighted by molar-refractivity contribution is 0.0573. The van der Waals surface area contributed by atoms with E-state index in [4.69, 9.17) is 0 Å². The molecular weight excluding hydrogens is 224 g/mol. The normalized spacial score (nSPS) is 26.3. The van der Waals surface area contributed by atoms with Gasteiger partial charge in [0.15, 0.2) is 0 Å². The Morgan fingerprint density at radius 3 is 2.33 bits per heavy atom. The second-order valence-corrected chi connectivity index (χ2v) is 6.07. The largest absolute Gasteiger partial charge is 0.392 e. The van der Waals surface area contributed by atoms with Crippen molar-refractivity contribution in [2.45, 2.75) is 64.0 Å². The van der Waals surface area contributed by atoms with E-state index in [0.29, 0.717) is 0 Å². The molecule has 2 saturated heterocycles. The molecule has 2 heterocycles. The molecule has 0 saturated carbocycles. The van der Waals surface area contributed by atoms with Crippen LogP contribution in [0.3, 0.4) is 0 Å². The van der Waals surface area contributed by atoms with Gasteiger partial charge in [0, 0.05) is 12.6 Å². The predicted octanol–water partition coefficient (Wildman–Crippen LogP) is 2.10. The fraction of sp³-hybridized carbons (Fsp3) is 1.00. The Kier molecular flexibility index (Phi) is 5.93. The van der Waals surface area contributed by atoms with Crippen molar-refractivity contribution in [1.29, 1.82) is 0 Å². The molecule has 1 atom stereocenters. The lowest BCUT2D eigenvalue weighted by atomic mass is 9.99. The SMILES string of the molecule is CCCC(O)CN1CCC(N2CCCCC2)CC1. The summed E-state index contributed by atoms with van der Waals surface area (Å²) in [6.07, 6.45) is 8.76. The van der Waals surface area contributed by atoms with Crippen LogP contribution in [-0.2, 0) is 0 Å². The highest BCUT2D eigenvalue weighted by molar-refractivity contribution is 4.82. The predicted molar refractivity (Wildman–Crippen MR) is 75.8 cm³/mol. The molecule has 0 aromatic rings. The van der Waals surface area contributed by atoms with Gasteiger partial charge in [-0.15, -0.1) is 0 Å². The van der Waals surface area contributed by atoms with Crippen molar-refractivity contribution in [3.63, 3.8) is 0 Å². The van der Waals surface area contributed by atoms with Gasteiger partial charge in [-0.1, -0.05) is 19.8 Å². The fourth-order valence-corrected chi connectivity index (χ4v) is 3.47. The van der Waals surface area contributed by atoms with Crippen LogP contribution in [0.1, 0.15) is 51.9 Å². The van der Waals surface area contributed by atoms with Crippen LogP contribution >= 0.6 is 0 Å². The third-order valence-corrected chi connectivity index (χ3v) is 4.56. The third-order valence-electron chi connectivity index (χ3n) is 4.56. The fourth-order valence-electron chi connectivity index (χ4n) is 3.47. The topological polar surface area (TPSA) is 26.7 Å². The minimum Gasteiger partial charge on any atom is -0.392 e. The maximum absolute atomic E-state index is 9.86. The van der Waals surface area contributed by atoms with Crippen molar-refractivity contribution in [2.24, 2.45) is 0 Å². The molecule has 2 aliphatic heterocycles. The standard InChI is InChI=1S/C15H30N2O/c1-2-6-15(18)13-16-11-7-14(8-12-16)17-9-4-3-5-10-17/h14-15,18H,2-13H2,1H3. The average Bonchev–Trinajstić information content (AvgIpc) is 2.41. The summed E-state index contributed by atoms with van der Waals surface area (Å²) in [4.78, 5) is 5.17. The first kappa shape index (κ1) is 14.3. The van der Waals surface area contributed by atoms with Crippen LogP contribution in [0.2, 0.25) is 0 Å². The van der Waals surface area contributed by atoms with Crippen molar-refractivity contribution in [1.82, 2.24) is 9.80 Å². The highest BCUT2D eigenvalue weighted by atomic mass is 16.3. The van der Waals surface area contributed by atoms with Gasteiger partial charge < -0.3 is 14.9 Å². The molecule has 2 fully saturated rings. The van der Waals surface area contributed by atoms with E-state index in [-0.39, 0.29) is 6.10 Å². The van der Waals surface area contributed by atoms with Crippen LogP contribution in [0.5, 0.6) is 0 Å². The van der Waals surface area contributed by atoms with Crippen LogP contribution in [-0.4, -0.2) is 59.8 Å². The Hall–Kier alpha value is -0.120. The van der Waals surface area contributed by atoms with Crippen LogP contribution in [0.15, 0.2) is 0 Å². The molecule has 3 nitrogen and oxygen atoms in total. The number of piperidine rings is 2. The van der Waals surface area contributed by atoms with Crippen LogP contribution in [0.25, 0.3) is 0 Å².